The molecule has 0 bridgehead atoms. The van der Waals surface area contributed by atoms with E-state index >= 15 is 0 Å². The molecule has 0 spiro atoms. The van der Waals surface area contributed by atoms with Gasteiger partial charge in [-0.1, -0.05) is 18.5 Å². The third kappa shape index (κ3) is 3.64. The molecular formula is C16H18ClNO4S. The summed E-state index contributed by atoms with van der Waals surface area (Å²) in [7, 11) is 0. The first-order valence-electron chi connectivity index (χ1n) is 7.31. The summed E-state index contributed by atoms with van der Waals surface area (Å²) in [5, 5.41) is 9.70. The molecule has 1 aliphatic heterocycles. The molecule has 1 aliphatic rings. The number of phenolic OH excluding ortho intramolecular Hbond substituents is 1. The minimum atomic E-state index is -0.309. The Labute approximate surface area is 144 Å². The Morgan fingerprint density at radius 2 is 2.09 bits per heavy atom. The van der Waals surface area contributed by atoms with Crippen molar-refractivity contribution < 1.29 is 19.4 Å². The molecule has 7 heteroatoms. The van der Waals surface area contributed by atoms with Gasteiger partial charge in [-0.25, -0.2) is 0 Å². The van der Waals surface area contributed by atoms with Crippen molar-refractivity contribution in [3.05, 3.63) is 27.6 Å². The van der Waals surface area contributed by atoms with Crippen molar-refractivity contribution in [3.63, 3.8) is 0 Å². The van der Waals surface area contributed by atoms with Crippen LogP contribution in [0.3, 0.4) is 0 Å². The molecule has 1 aromatic carbocycles. The molecular weight excluding hydrogens is 338 g/mol. The summed E-state index contributed by atoms with van der Waals surface area (Å²) in [4.78, 5) is 26.0. The van der Waals surface area contributed by atoms with Gasteiger partial charge in [0.15, 0.2) is 11.5 Å². The number of halogens is 1. The smallest absolute Gasteiger partial charge is 0.293 e. The lowest BCUT2D eigenvalue weighted by Crippen LogP contribution is -2.36. The zero-order chi connectivity index (χ0) is 17.1. The van der Waals surface area contributed by atoms with Gasteiger partial charge in [0.2, 0.25) is 0 Å². The van der Waals surface area contributed by atoms with E-state index < -0.39 is 0 Å². The normalized spacial score (nSPS) is 17.9. The standard InChI is InChI=1S/C16H18ClNO4S/c1-4-9(3)18-15(20)13(23-16(18)21)8-10-6-11(17)14(19)12(7-10)22-5-2/h6-9,19H,4-5H2,1-3H3/b13-8+/t9-/m1/s1. The van der Waals surface area contributed by atoms with E-state index in [9.17, 15) is 14.7 Å². The minimum Gasteiger partial charge on any atom is -0.503 e. The van der Waals surface area contributed by atoms with E-state index in [2.05, 4.69) is 0 Å². The first-order valence-corrected chi connectivity index (χ1v) is 8.50. The van der Waals surface area contributed by atoms with Crippen molar-refractivity contribution in [1.29, 1.82) is 0 Å². The van der Waals surface area contributed by atoms with Crippen LogP contribution in [0.2, 0.25) is 5.02 Å². The molecule has 1 atom stereocenters. The van der Waals surface area contributed by atoms with Crippen LogP contribution in [-0.4, -0.2) is 33.8 Å². The predicted octanol–water partition coefficient (Wildman–Crippen LogP) is 4.28. The number of aromatic hydroxyl groups is 1. The van der Waals surface area contributed by atoms with Gasteiger partial charge in [-0.3, -0.25) is 14.5 Å². The molecule has 0 unspecified atom stereocenters. The highest BCUT2D eigenvalue weighted by Crippen LogP contribution is 2.38. The van der Waals surface area contributed by atoms with Crippen molar-refractivity contribution in [1.82, 2.24) is 4.90 Å². The Morgan fingerprint density at radius 3 is 2.70 bits per heavy atom. The maximum absolute atomic E-state index is 12.4. The molecule has 2 amide bonds. The topological polar surface area (TPSA) is 66.8 Å². The molecule has 1 aromatic rings. The molecule has 0 aliphatic carbocycles. The van der Waals surface area contributed by atoms with E-state index in [0.29, 0.717) is 23.5 Å². The number of hydrogen-bond donors (Lipinski definition) is 1. The number of carbonyl (C=O) groups is 2. The Kier molecular flexibility index (Phi) is 5.59. The van der Waals surface area contributed by atoms with E-state index in [0.717, 1.165) is 11.8 Å². The number of imide groups is 1. The minimum absolute atomic E-state index is 0.128. The number of hydrogen-bond acceptors (Lipinski definition) is 5. The van der Waals surface area contributed by atoms with Gasteiger partial charge >= 0.3 is 0 Å². The van der Waals surface area contributed by atoms with E-state index in [-0.39, 0.29) is 33.7 Å². The fourth-order valence-corrected chi connectivity index (χ4v) is 3.29. The monoisotopic (exact) mass is 355 g/mol. The molecule has 5 nitrogen and oxygen atoms in total. The van der Waals surface area contributed by atoms with Crippen LogP contribution in [0.1, 0.15) is 32.8 Å². The molecule has 2 rings (SSSR count). The summed E-state index contributed by atoms with van der Waals surface area (Å²) < 4.78 is 5.31. The summed E-state index contributed by atoms with van der Waals surface area (Å²) >= 11 is 6.88. The van der Waals surface area contributed by atoms with Crippen LogP contribution in [-0.2, 0) is 4.79 Å². The second-order valence-electron chi connectivity index (χ2n) is 5.09. The van der Waals surface area contributed by atoms with Crippen molar-refractivity contribution in [2.45, 2.75) is 33.2 Å². The fourth-order valence-electron chi connectivity index (χ4n) is 2.14. The lowest BCUT2D eigenvalue weighted by Gasteiger charge is -2.19. The maximum atomic E-state index is 12.4. The molecule has 0 saturated carbocycles. The molecule has 1 heterocycles. The lowest BCUT2D eigenvalue weighted by atomic mass is 10.1. The summed E-state index contributed by atoms with van der Waals surface area (Å²) in [6, 6.07) is 2.97. The second kappa shape index (κ2) is 7.27. The predicted molar refractivity (Wildman–Crippen MR) is 91.8 cm³/mol. The highest BCUT2D eigenvalue weighted by molar-refractivity contribution is 8.18. The zero-order valence-corrected chi connectivity index (χ0v) is 14.7. The van der Waals surface area contributed by atoms with Crippen LogP contribution >= 0.6 is 23.4 Å². The summed E-state index contributed by atoms with van der Waals surface area (Å²) in [5.74, 6) is -0.206. The Bertz CT molecular complexity index is 674. The Hall–Kier alpha value is -1.66. The molecule has 1 N–H and O–H groups in total. The van der Waals surface area contributed by atoms with E-state index in [1.165, 1.54) is 11.0 Å². The van der Waals surface area contributed by atoms with Crippen molar-refractivity contribution >= 4 is 40.6 Å². The third-order valence-electron chi connectivity index (χ3n) is 3.50. The van der Waals surface area contributed by atoms with Crippen LogP contribution < -0.4 is 4.74 Å². The summed E-state index contributed by atoms with van der Waals surface area (Å²) in [5.41, 5.74) is 0.589. The van der Waals surface area contributed by atoms with Gasteiger partial charge in [0.05, 0.1) is 16.5 Å². The lowest BCUT2D eigenvalue weighted by molar-refractivity contribution is -0.124. The fraction of sp³-hybridized carbons (Fsp3) is 0.375. The highest BCUT2D eigenvalue weighted by Gasteiger charge is 2.37. The van der Waals surface area contributed by atoms with Crippen LogP contribution in [0.5, 0.6) is 11.5 Å². The van der Waals surface area contributed by atoms with E-state index in [1.54, 1.807) is 19.1 Å². The second-order valence-corrected chi connectivity index (χ2v) is 6.49. The Morgan fingerprint density at radius 1 is 1.39 bits per heavy atom. The SMILES string of the molecule is CCOc1cc(/C=C2/SC(=O)N([C@H](C)CC)C2=O)cc(Cl)c1O. The average molecular weight is 356 g/mol. The van der Waals surface area contributed by atoms with Crippen LogP contribution in [0.25, 0.3) is 6.08 Å². The van der Waals surface area contributed by atoms with Crippen LogP contribution in [0.4, 0.5) is 4.79 Å². The molecule has 0 radical (unpaired) electrons. The van der Waals surface area contributed by atoms with Gasteiger partial charge in [0.1, 0.15) is 0 Å². The average Bonchev–Trinajstić information content (AvgIpc) is 2.78. The number of carbonyl (C=O) groups excluding carboxylic acids is 2. The summed E-state index contributed by atoms with van der Waals surface area (Å²) in [6.45, 7) is 5.92. The first kappa shape index (κ1) is 17.7. The van der Waals surface area contributed by atoms with Gasteiger partial charge in [-0.15, -0.1) is 0 Å². The van der Waals surface area contributed by atoms with Gasteiger partial charge in [-0.2, -0.15) is 0 Å². The zero-order valence-electron chi connectivity index (χ0n) is 13.1. The number of benzene rings is 1. The maximum Gasteiger partial charge on any atom is 0.293 e. The van der Waals surface area contributed by atoms with E-state index in [1.807, 2.05) is 13.8 Å². The largest absolute Gasteiger partial charge is 0.503 e. The van der Waals surface area contributed by atoms with Crippen LogP contribution in [0, 0.1) is 0 Å². The molecule has 23 heavy (non-hydrogen) atoms. The first-order chi connectivity index (χ1) is 10.9. The summed E-state index contributed by atoms with van der Waals surface area (Å²) in [6.07, 6.45) is 2.28. The number of rotatable bonds is 5. The third-order valence-corrected chi connectivity index (χ3v) is 4.68. The molecule has 1 fully saturated rings. The Balaban J connectivity index is 2.36. The van der Waals surface area contributed by atoms with Crippen molar-refractivity contribution in [3.8, 4) is 11.5 Å². The van der Waals surface area contributed by atoms with Gasteiger partial charge in [-0.05, 0) is 55.8 Å². The highest BCUT2D eigenvalue weighted by atomic mass is 35.5. The number of nitrogens with zero attached hydrogens (tertiary/aromatic N) is 1. The van der Waals surface area contributed by atoms with Crippen molar-refractivity contribution in [2.75, 3.05) is 6.61 Å². The number of phenols is 1. The van der Waals surface area contributed by atoms with Gasteiger partial charge in [0, 0.05) is 6.04 Å². The van der Waals surface area contributed by atoms with Crippen LogP contribution in [0.15, 0.2) is 17.0 Å². The van der Waals surface area contributed by atoms with E-state index in [4.69, 9.17) is 16.3 Å². The van der Waals surface area contributed by atoms with Crippen molar-refractivity contribution in [2.24, 2.45) is 0 Å². The van der Waals surface area contributed by atoms with Gasteiger partial charge < -0.3 is 9.84 Å². The number of amides is 2. The van der Waals surface area contributed by atoms with Gasteiger partial charge in [0.25, 0.3) is 11.1 Å². The molecule has 124 valence electrons. The number of thioether (sulfide) groups is 1. The quantitative estimate of drug-likeness (QED) is 0.798. The molecule has 0 aromatic heterocycles. The number of ether oxygens (including phenoxy) is 1. The molecule has 1 saturated heterocycles.